The molecule has 338 valence electrons. The average molecular weight is 905 g/mol. The van der Waals surface area contributed by atoms with E-state index in [1.165, 1.54) is 96.6 Å². The van der Waals surface area contributed by atoms with Crippen molar-refractivity contribution < 1.29 is 18.9 Å². The van der Waals surface area contributed by atoms with Crippen molar-refractivity contribution in [2.75, 3.05) is 26.4 Å². The average Bonchev–Trinajstić information content (AvgIpc) is 4.12. The van der Waals surface area contributed by atoms with Gasteiger partial charge in [0.25, 0.3) is 0 Å². The van der Waals surface area contributed by atoms with E-state index in [2.05, 4.69) is 148 Å². The van der Waals surface area contributed by atoms with Crippen molar-refractivity contribution in [2.24, 2.45) is 0 Å². The van der Waals surface area contributed by atoms with E-state index in [4.69, 9.17) is 18.9 Å². The molecule has 0 amide bonds. The Morgan fingerprint density at radius 1 is 0.349 bits per heavy atom. The lowest BCUT2D eigenvalue weighted by Crippen LogP contribution is -2.03. The van der Waals surface area contributed by atoms with Gasteiger partial charge in [0.2, 0.25) is 0 Å². The summed E-state index contributed by atoms with van der Waals surface area (Å²) in [4.78, 5) is 4.78. The first-order chi connectivity index (χ1) is 31.1. The fourth-order valence-corrected chi connectivity index (χ4v) is 9.11. The quantitative estimate of drug-likeness (QED) is 0.0403. The summed E-state index contributed by atoms with van der Waals surface area (Å²) in [5.74, 6) is 3.58. The number of hydrogen-bond acceptors (Lipinski definition) is 7. The lowest BCUT2D eigenvalue weighted by atomic mass is 10.1. The topological polar surface area (TPSA) is 36.9 Å². The number of rotatable bonds is 32. The molecular formula is C56H72O4S3. The summed E-state index contributed by atoms with van der Waals surface area (Å²) in [5, 5.41) is 4.23. The van der Waals surface area contributed by atoms with E-state index in [0.717, 1.165) is 70.9 Å². The normalized spacial score (nSPS) is 11.9. The Hall–Kier alpha value is -4.30. The van der Waals surface area contributed by atoms with Crippen molar-refractivity contribution in [3.8, 4) is 23.0 Å². The minimum atomic E-state index is 0.696. The molecule has 0 unspecified atom stereocenters. The van der Waals surface area contributed by atoms with E-state index < -0.39 is 0 Å². The number of unbranched alkanes of at least 4 members (excludes halogenated alkanes) is 12. The van der Waals surface area contributed by atoms with Gasteiger partial charge in [-0.3, -0.25) is 0 Å². The van der Waals surface area contributed by atoms with Gasteiger partial charge in [0.15, 0.2) is 0 Å². The zero-order chi connectivity index (χ0) is 44.2. The lowest BCUT2D eigenvalue weighted by molar-refractivity contribution is 0.296. The molecule has 0 radical (unpaired) electrons. The summed E-state index contributed by atoms with van der Waals surface area (Å²) >= 11 is 5.25. The van der Waals surface area contributed by atoms with Crippen LogP contribution in [0.1, 0.15) is 172 Å². The van der Waals surface area contributed by atoms with Crippen LogP contribution >= 0.6 is 34.0 Å². The summed E-state index contributed by atoms with van der Waals surface area (Å²) in [5.41, 5.74) is 4.15. The molecule has 2 aromatic carbocycles. The SMILES string of the molecule is CCCCCCOc1cc(/C=C/c2ccc(/C=C/c3cc(OCCCCCC)c(/C=C/c4cccs4)cc3OCCCCCC)s2)c(OCCCCCC)cc1/C=C/c1cccs1. The van der Waals surface area contributed by atoms with Crippen LogP contribution in [0.2, 0.25) is 0 Å². The Labute approximate surface area is 392 Å². The van der Waals surface area contributed by atoms with Gasteiger partial charge in [0.1, 0.15) is 23.0 Å². The van der Waals surface area contributed by atoms with Crippen LogP contribution in [0, 0.1) is 0 Å². The van der Waals surface area contributed by atoms with Gasteiger partial charge in [0, 0.05) is 41.8 Å². The minimum absolute atomic E-state index is 0.696. The summed E-state index contributed by atoms with van der Waals surface area (Å²) in [6.45, 7) is 11.8. The van der Waals surface area contributed by atoms with Crippen molar-refractivity contribution in [3.63, 3.8) is 0 Å². The Morgan fingerprint density at radius 3 is 0.921 bits per heavy atom. The molecule has 0 fully saturated rings. The predicted octanol–water partition coefficient (Wildman–Crippen LogP) is 18.4. The van der Waals surface area contributed by atoms with Crippen molar-refractivity contribution >= 4 is 82.6 Å². The molecule has 3 aromatic heterocycles. The highest BCUT2D eigenvalue weighted by Crippen LogP contribution is 2.36. The van der Waals surface area contributed by atoms with E-state index >= 15 is 0 Å². The molecule has 3 heterocycles. The molecule has 0 atom stereocenters. The van der Waals surface area contributed by atoms with E-state index in [9.17, 15) is 0 Å². The molecule has 7 heteroatoms. The van der Waals surface area contributed by atoms with Crippen LogP contribution in [0.25, 0.3) is 48.6 Å². The van der Waals surface area contributed by atoms with Crippen LogP contribution in [-0.4, -0.2) is 26.4 Å². The number of ether oxygens (including phenoxy) is 4. The van der Waals surface area contributed by atoms with Crippen LogP contribution in [0.15, 0.2) is 71.4 Å². The highest BCUT2D eigenvalue weighted by Gasteiger charge is 2.13. The first-order valence-corrected chi connectivity index (χ1v) is 26.4. The van der Waals surface area contributed by atoms with Crippen molar-refractivity contribution in [1.29, 1.82) is 0 Å². The Kier molecular flexibility index (Phi) is 23.6. The molecule has 63 heavy (non-hydrogen) atoms. The molecule has 5 aromatic rings. The molecule has 0 bridgehead atoms. The summed E-state index contributed by atoms with van der Waals surface area (Å²) < 4.78 is 26.1. The van der Waals surface area contributed by atoms with Gasteiger partial charge in [-0.25, -0.2) is 0 Å². The first kappa shape index (κ1) is 49.7. The highest BCUT2D eigenvalue weighted by atomic mass is 32.1. The van der Waals surface area contributed by atoms with Crippen LogP contribution in [-0.2, 0) is 0 Å². The van der Waals surface area contributed by atoms with Gasteiger partial charge < -0.3 is 18.9 Å². The van der Waals surface area contributed by atoms with E-state index in [1.54, 1.807) is 34.0 Å². The number of benzene rings is 2. The molecule has 0 aliphatic heterocycles. The third kappa shape index (κ3) is 18.4. The number of hydrogen-bond donors (Lipinski definition) is 0. The van der Waals surface area contributed by atoms with Gasteiger partial charge in [-0.2, -0.15) is 0 Å². The maximum absolute atomic E-state index is 6.54. The molecule has 5 rings (SSSR count). The van der Waals surface area contributed by atoms with Gasteiger partial charge >= 0.3 is 0 Å². The Morgan fingerprint density at radius 2 is 0.651 bits per heavy atom. The van der Waals surface area contributed by atoms with Gasteiger partial charge in [-0.05, 0) is 134 Å². The zero-order valence-corrected chi connectivity index (χ0v) is 41.0. The molecule has 0 spiro atoms. The molecule has 0 aliphatic carbocycles. The van der Waals surface area contributed by atoms with Crippen molar-refractivity contribution in [1.82, 2.24) is 0 Å². The van der Waals surface area contributed by atoms with E-state index in [0.29, 0.717) is 26.4 Å². The summed E-state index contributed by atoms with van der Waals surface area (Å²) in [7, 11) is 0. The van der Waals surface area contributed by atoms with Crippen LogP contribution in [0.5, 0.6) is 23.0 Å². The maximum Gasteiger partial charge on any atom is 0.127 e. The summed E-state index contributed by atoms with van der Waals surface area (Å²) in [6.07, 6.45) is 36.1. The van der Waals surface area contributed by atoms with Gasteiger partial charge in [-0.15, -0.1) is 34.0 Å². The smallest absolute Gasteiger partial charge is 0.127 e. The molecular weight excluding hydrogens is 833 g/mol. The third-order valence-electron chi connectivity index (χ3n) is 10.7. The van der Waals surface area contributed by atoms with Crippen LogP contribution in [0.4, 0.5) is 0 Å². The fourth-order valence-electron chi connectivity index (χ4n) is 7.06. The highest BCUT2D eigenvalue weighted by molar-refractivity contribution is 7.13. The van der Waals surface area contributed by atoms with Gasteiger partial charge in [0.05, 0.1) is 26.4 Å². The molecule has 0 aliphatic rings. The monoisotopic (exact) mass is 904 g/mol. The summed E-state index contributed by atoms with van der Waals surface area (Å²) in [6, 6.07) is 21.6. The second-order valence-electron chi connectivity index (χ2n) is 16.1. The maximum atomic E-state index is 6.54. The van der Waals surface area contributed by atoms with Crippen LogP contribution < -0.4 is 18.9 Å². The second kappa shape index (κ2) is 29.9. The number of thiophene rings is 3. The largest absolute Gasteiger partial charge is 0.493 e. The van der Waals surface area contributed by atoms with Gasteiger partial charge in [-0.1, -0.05) is 117 Å². The standard InChI is InChI=1S/C56H72O4S3/c1-5-9-13-17-35-57-53-43-47(55(59-37-19-15-11-7-3)41-45(53)25-29-49-23-21-39-61-49)27-31-51-33-34-52(63-51)32-28-48-44-54(58-36-18-14-10-6-2)46(26-30-50-24-22-40-62-50)42-56(48)60-38-20-16-12-8-4/h21-34,39-44H,5-20,35-38H2,1-4H3/b29-25+,30-26+,31-27+,32-28+. The molecule has 0 N–H and O–H groups in total. The second-order valence-corrected chi connectivity index (χ2v) is 19.2. The Bertz CT molecular complexity index is 1950. The minimum Gasteiger partial charge on any atom is -0.493 e. The van der Waals surface area contributed by atoms with E-state index in [1.807, 2.05) is 0 Å². The van der Waals surface area contributed by atoms with Crippen molar-refractivity contribution in [2.45, 2.75) is 130 Å². The molecule has 0 saturated carbocycles. The zero-order valence-electron chi connectivity index (χ0n) is 38.5. The fraction of sp³-hybridized carbons (Fsp3) is 0.429. The molecule has 0 saturated heterocycles. The predicted molar refractivity (Wildman–Crippen MR) is 280 cm³/mol. The van der Waals surface area contributed by atoms with Crippen LogP contribution in [0.3, 0.4) is 0 Å². The molecule has 4 nitrogen and oxygen atoms in total. The Balaban J connectivity index is 1.41. The lowest BCUT2D eigenvalue weighted by Gasteiger charge is -2.15. The van der Waals surface area contributed by atoms with Crippen molar-refractivity contribution in [3.05, 3.63) is 113 Å². The first-order valence-electron chi connectivity index (χ1n) is 23.9. The van der Waals surface area contributed by atoms with E-state index in [-0.39, 0.29) is 0 Å². The third-order valence-corrected chi connectivity index (χ3v) is 13.4.